The molecule has 0 N–H and O–H groups in total. The molecule has 0 bridgehead atoms. The van der Waals surface area contributed by atoms with Gasteiger partial charge >= 0.3 is 0 Å². The molecule has 4 rings (SSSR count). The zero-order chi connectivity index (χ0) is 22.9. The molecule has 9 heteroatoms. The molecule has 4 nitrogen and oxygen atoms in total. The molecule has 1 aromatic heterocycles. The van der Waals surface area contributed by atoms with E-state index < -0.39 is 9.84 Å². The lowest BCUT2D eigenvalue weighted by Crippen LogP contribution is -1.99. The Hall–Kier alpha value is -1.96. The van der Waals surface area contributed by atoms with Gasteiger partial charge in [0.15, 0.2) is 9.84 Å². The van der Waals surface area contributed by atoms with Gasteiger partial charge in [0.05, 0.1) is 20.6 Å². The van der Waals surface area contributed by atoms with Gasteiger partial charge in [-0.05, 0) is 60.7 Å². The van der Waals surface area contributed by atoms with Gasteiger partial charge in [0, 0.05) is 39.4 Å². The molecule has 0 aliphatic heterocycles. The van der Waals surface area contributed by atoms with Crippen molar-refractivity contribution in [3.8, 4) is 17.1 Å². The molecule has 0 unspecified atom stereocenters. The van der Waals surface area contributed by atoms with Crippen LogP contribution in [-0.4, -0.2) is 24.2 Å². The summed E-state index contributed by atoms with van der Waals surface area (Å²) >= 11 is 20.2. The second kappa shape index (κ2) is 9.49. The fourth-order valence-corrected chi connectivity index (χ4v) is 5.44. The standard InChI is InChI=1S/C23H17Cl3N2O2S2/c1-32(29,30)19-11-9-18(10-12-19)28-13-17(14-31-22-20(25)3-2-4-21(22)26)27-23(28)15-5-7-16(24)8-6-15/h2-13H,14H2,1H3. The Morgan fingerprint density at radius 3 is 2.12 bits per heavy atom. The van der Waals surface area contributed by atoms with E-state index >= 15 is 0 Å². The molecule has 0 radical (unpaired) electrons. The average Bonchev–Trinajstić information content (AvgIpc) is 3.18. The maximum Gasteiger partial charge on any atom is 0.175 e. The van der Waals surface area contributed by atoms with Crippen LogP contribution < -0.4 is 0 Å². The number of imidazole rings is 1. The van der Waals surface area contributed by atoms with Crippen molar-refractivity contribution in [3.63, 3.8) is 0 Å². The van der Waals surface area contributed by atoms with E-state index in [2.05, 4.69) is 0 Å². The molecule has 0 spiro atoms. The number of nitrogens with zero attached hydrogens (tertiary/aromatic N) is 2. The lowest BCUT2D eigenvalue weighted by atomic mass is 10.2. The van der Waals surface area contributed by atoms with Crippen LogP contribution >= 0.6 is 46.6 Å². The number of sulfone groups is 1. The highest BCUT2D eigenvalue weighted by atomic mass is 35.5. The molecule has 32 heavy (non-hydrogen) atoms. The molecule has 0 saturated carbocycles. The number of aromatic nitrogens is 2. The monoisotopic (exact) mass is 522 g/mol. The number of hydrogen-bond acceptors (Lipinski definition) is 4. The first-order valence-electron chi connectivity index (χ1n) is 9.44. The van der Waals surface area contributed by atoms with Crippen LogP contribution in [0.3, 0.4) is 0 Å². The molecule has 0 saturated heterocycles. The number of rotatable bonds is 6. The van der Waals surface area contributed by atoms with Crippen LogP contribution in [-0.2, 0) is 15.6 Å². The van der Waals surface area contributed by atoms with Gasteiger partial charge in [-0.15, -0.1) is 11.8 Å². The molecule has 0 aliphatic rings. The number of thioether (sulfide) groups is 1. The summed E-state index contributed by atoms with van der Waals surface area (Å²) in [6.07, 6.45) is 3.12. The lowest BCUT2D eigenvalue weighted by Gasteiger charge is -2.09. The topological polar surface area (TPSA) is 52.0 Å². The third-order valence-corrected chi connectivity index (χ3v) is 8.09. The number of benzene rings is 3. The molecule has 3 aromatic carbocycles. The minimum atomic E-state index is -3.28. The summed E-state index contributed by atoms with van der Waals surface area (Å²) in [5.41, 5.74) is 2.50. The van der Waals surface area contributed by atoms with Crippen molar-refractivity contribution < 1.29 is 8.42 Å². The first-order valence-corrected chi connectivity index (χ1v) is 13.4. The Kier molecular flexibility index (Phi) is 6.89. The van der Waals surface area contributed by atoms with E-state index in [4.69, 9.17) is 39.8 Å². The van der Waals surface area contributed by atoms with Crippen LogP contribution in [0.2, 0.25) is 15.1 Å². The summed E-state index contributed by atoms with van der Waals surface area (Å²) in [6, 6.07) is 19.5. The van der Waals surface area contributed by atoms with Crippen LogP contribution in [0.4, 0.5) is 0 Å². The van der Waals surface area contributed by atoms with Gasteiger partial charge in [0.1, 0.15) is 5.82 Å². The molecule has 0 amide bonds. The SMILES string of the molecule is CS(=O)(=O)c1ccc(-n2cc(CSc3c(Cl)cccc3Cl)nc2-c2ccc(Cl)cc2)cc1. The molecular weight excluding hydrogens is 507 g/mol. The fraction of sp³-hybridized carbons (Fsp3) is 0.0870. The van der Waals surface area contributed by atoms with E-state index in [0.29, 0.717) is 20.8 Å². The molecule has 0 aliphatic carbocycles. The maximum atomic E-state index is 11.8. The third kappa shape index (κ3) is 5.16. The average molecular weight is 524 g/mol. The summed E-state index contributed by atoms with van der Waals surface area (Å²) in [5.74, 6) is 1.27. The van der Waals surface area contributed by atoms with Crippen molar-refractivity contribution in [1.82, 2.24) is 9.55 Å². The predicted octanol–water partition coefficient (Wildman–Crippen LogP) is 7.20. The highest BCUT2D eigenvalue weighted by molar-refractivity contribution is 7.98. The van der Waals surface area contributed by atoms with Crippen molar-refractivity contribution in [2.75, 3.05) is 6.26 Å². The van der Waals surface area contributed by atoms with Crippen molar-refractivity contribution >= 4 is 56.4 Å². The normalized spacial score (nSPS) is 11.6. The number of hydrogen-bond donors (Lipinski definition) is 0. The van der Waals surface area contributed by atoms with Crippen LogP contribution in [0.1, 0.15) is 5.69 Å². The minimum absolute atomic E-state index is 0.263. The fourth-order valence-electron chi connectivity index (χ4n) is 3.12. The summed E-state index contributed by atoms with van der Waals surface area (Å²) in [7, 11) is -3.28. The summed E-state index contributed by atoms with van der Waals surface area (Å²) in [4.78, 5) is 5.89. The Bertz CT molecular complexity index is 1350. The van der Waals surface area contributed by atoms with E-state index in [-0.39, 0.29) is 4.90 Å². The highest BCUT2D eigenvalue weighted by Gasteiger charge is 2.15. The molecular formula is C23H17Cl3N2O2S2. The van der Waals surface area contributed by atoms with Crippen LogP contribution in [0.15, 0.2) is 82.7 Å². The Labute approximate surface area is 206 Å². The van der Waals surface area contributed by atoms with E-state index in [1.807, 2.05) is 29.0 Å². The number of halogens is 3. The van der Waals surface area contributed by atoms with Gasteiger partial charge in [0.2, 0.25) is 0 Å². The zero-order valence-corrected chi connectivity index (χ0v) is 20.7. The van der Waals surface area contributed by atoms with Crippen LogP contribution in [0.5, 0.6) is 0 Å². The quantitative estimate of drug-likeness (QED) is 0.251. The maximum absolute atomic E-state index is 11.8. The van der Waals surface area contributed by atoms with E-state index in [9.17, 15) is 8.42 Å². The van der Waals surface area contributed by atoms with Crippen LogP contribution in [0, 0.1) is 0 Å². The summed E-state index contributed by atoms with van der Waals surface area (Å²) in [5, 5.41) is 1.82. The van der Waals surface area contributed by atoms with Gasteiger partial charge in [-0.3, -0.25) is 4.57 Å². The van der Waals surface area contributed by atoms with Gasteiger partial charge in [-0.2, -0.15) is 0 Å². The van der Waals surface area contributed by atoms with Crippen molar-refractivity contribution in [2.45, 2.75) is 15.5 Å². The lowest BCUT2D eigenvalue weighted by molar-refractivity contribution is 0.602. The van der Waals surface area contributed by atoms with Gasteiger partial charge < -0.3 is 0 Å². The Morgan fingerprint density at radius 2 is 1.53 bits per heavy atom. The van der Waals surface area contributed by atoms with E-state index in [1.54, 1.807) is 48.5 Å². The first kappa shape index (κ1) is 23.2. The third-order valence-electron chi connectivity index (χ3n) is 4.68. The smallest absolute Gasteiger partial charge is 0.175 e. The first-order chi connectivity index (χ1) is 15.2. The van der Waals surface area contributed by atoms with E-state index in [1.165, 1.54) is 18.0 Å². The predicted molar refractivity (Wildman–Crippen MR) is 133 cm³/mol. The summed E-state index contributed by atoms with van der Waals surface area (Å²) < 4.78 is 25.6. The molecule has 4 aromatic rings. The molecule has 0 atom stereocenters. The minimum Gasteiger partial charge on any atom is -0.299 e. The zero-order valence-electron chi connectivity index (χ0n) is 16.8. The summed E-state index contributed by atoms with van der Waals surface area (Å²) in [6.45, 7) is 0. The van der Waals surface area contributed by atoms with E-state index in [0.717, 1.165) is 27.7 Å². The second-order valence-corrected chi connectivity index (χ2v) is 11.3. The molecule has 0 fully saturated rings. The Morgan fingerprint density at radius 1 is 0.906 bits per heavy atom. The molecule has 164 valence electrons. The molecule has 1 heterocycles. The second-order valence-electron chi connectivity index (χ2n) is 7.04. The largest absolute Gasteiger partial charge is 0.299 e. The van der Waals surface area contributed by atoms with Crippen molar-refractivity contribution in [2.24, 2.45) is 0 Å². The van der Waals surface area contributed by atoms with Gasteiger partial charge in [-0.1, -0.05) is 40.9 Å². The van der Waals surface area contributed by atoms with Gasteiger partial charge in [0.25, 0.3) is 0 Å². The van der Waals surface area contributed by atoms with Crippen LogP contribution in [0.25, 0.3) is 17.1 Å². The van der Waals surface area contributed by atoms with Crippen molar-refractivity contribution in [1.29, 1.82) is 0 Å². The highest BCUT2D eigenvalue weighted by Crippen LogP contribution is 2.36. The van der Waals surface area contributed by atoms with Crippen molar-refractivity contribution in [3.05, 3.63) is 93.7 Å². The Balaban J connectivity index is 1.73. The van der Waals surface area contributed by atoms with Gasteiger partial charge in [-0.25, -0.2) is 13.4 Å².